The van der Waals surface area contributed by atoms with Crippen LogP contribution in [0.25, 0.3) is 0 Å². The maximum absolute atomic E-state index is 12.1. The number of aliphatic carboxylic acids is 1. The highest BCUT2D eigenvalue weighted by Gasteiger charge is 2.25. The third-order valence-electron chi connectivity index (χ3n) is 3.77. The van der Waals surface area contributed by atoms with E-state index in [1.807, 2.05) is 13.8 Å². The summed E-state index contributed by atoms with van der Waals surface area (Å²) in [6.07, 6.45) is 0.968. The van der Waals surface area contributed by atoms with Gasteiger partial charge in [0.25, 0.3) is 0 Å². The quantitative estimate of drug-likeness (QED) is 0.358. The summed E-state index contributed by atoms with van der Waals surface area (Å²) in [6.45, 7) is 8.18. The SMILES string of the molecule is C/C(=C\C(=O)O)C(=O)OCC(CC(C)C)Oc1ccc(C(=O)C(C)(C)O)cc1. The third kappa shape index (κ3) is 7.92. The van der Waals surface area contributed by atoms with E-state index in [2.05, 4.69) is 0 Å². The number of carbonyl (C=O) groups excluding carboxylic acids is 2. The van der Waals surface area contributed by atoms with Gasteiger partial charge >= 0.3 is 11.9 Å². The fourth-order valence-electron chi connectivity index (χ4n) is 2.43. The number of ether oxygens (including phenoxy) is 2. The molecule has 0 bridgehead atoms. The molecule has 0 amide bonds. The average Bonchev–Trinajstić information content (AvgIpc) is 2.57. The summed E-state index contributed by atoms with van der Waals surface area (Å²) >= 11 is 0. The second-order valence-electron chi connectivity index (χ2n) is 7.55. The lowest BCUT2D eigenvalue weighted by Gasteiger charge is -2.21. The summed E-state index contributed by atoms with van der Waals surface area (Å²) < 4.78 is 11.0. The van der Waals surface area contributed by atoms with Crippen molar-refractivity contribution < 1.29 is 34.1 Å². The second-order valence-corrected chi connectivity index (χ2v) is 7.55. The zero-order valence-electron chi connectivity index (χ0n) is 16.9. The minimum absolute atomic E-state index is 0.00900. The summed E-state index contributed by atoms with van der Waals surface area (Å²) in [7, 11) is 0. The first-order chi connectivity index (χ1) is 12.9. The molecule has 1 aromatic carbocycles. The summed E-state index contributed by atoms with van der Waals surface area (Å²) in [4.78, 5) is 34.6. The van der Waals surface area contributed by atoms with Crippen molar-refractivity contribution in [1.29, 1.82) is 0 Å². The first kappa shape index (κ1) is 23.4. The van der Waals surface area contributed by atoms with Crippen LogP contribution in [0.2, 0.25) is 0 Å². The van der Waals surface area contributed by atoms with E-state index >= 15 is 0 Å². The first-order valence-electron chi connectivity index (χ1n) is 9.02. The van der Waals surface area contributed by atoms with Crippen molar-refractivity contribution in [2.45, 2.75) is 52.7 Å². The number of rotatable bonds is 10. The Morgan fingerprint density at radius 1 is 1.14 bits per heavy atom. The number of Topliss-reactive ketones (excluding diaryl/α,β-unsaturated/α-hetero) is 1. The van der Waals surface area contributed by atoms with Crippen LogP contribution in [-0.2, 0) is 14.3 Å². The van der Waals surface area contributed by atoms with Crippen molar-refractivity contribution in [1.82, 2.24) is 0 Å². The molecule has 28 heavy (non-hydrogen) atoms. The first-order valence-corrected chi connectivity index (χ1v) is 9.02. The highest BCUT2D eigenvalue weighted by Crippen LogP contribution is 2.20. The van der Waals surface area contributed by atoms with Crippen LogP contribution in [0.4, 0.5) is 0 Å². The zero-order chi connectivity index (χ0) is 21.5. The van der Waals surface area contributed by atoms with Crippen LogP contribution in [0, 0.1) is 5.92 Å². The van der Waals surface area contributed by atoms with Crippen LogP contribution < -0.4 is 4.74 Å². The molecule has 0 saturated carbocycles. The van der Waals surface area contributed by atoms with Crippen molar-refractivity contribution in [2.24, 2.45) is 5.92 Å². The smallest absolute Gasteiger partial charge is 0.334 e. The highest BCUT2D eigenvalue weighted by molar-refractivity contribution is 6.01. The van der Waals surface area contributed by atoms with E-state index in [0.29, 0.717) is 17.7 Å². The molecule has 7 heteroatoms. The molecule has 0 aliphatic carbocycles. The Balaban J connectivity index is 2.80. The van der Waals surface area contributed by atoms with Gasteiger partial charge in [0.1, 0.15) is 24.1 Å². The molecule has 1 rings (SSSR count). The van der Waals surface area contributed by atoms with Crippen molar-refractivity contribution in [3.05, 3.63) is 41.5 Å². The Labute approximate surface area is 165 Å². The third-order valence-corrected chi connectivity index (χ3v) is 3.77. The molecule has 0 radical (unpaired) electrons. The molecule has 2 N–H and O–H groups in total. The minimum Gasteiger partial charge on any atom is -0.487 e. The van der Waals surface area contributed by atoms with Crippen molar-refractivity contribution >= 4 is 17.7 Å². The number of esters is 1. The molecule has 0 spiro atoms. The van der Waals surface area contributed by atoms with Gasteiger partial charge < -0.3 is 19.7 Å². The maximum Gasteiger partial charge on any atom is 0.334 e. The fourth-order valence-corrected chi connectivity index (χ4v) is 2.43. The van der Waals surface area contributed by atoms with Crippen LogP contribution in [0.15, 0.2) is 35.9 Å². The molecule has 0 fully saturated rings. The van der Waals surface area contributed by atoms with Gasteiger partial charge in [0.05, 0.1) is 0 Å². The van der Waals surface area contributed by atoms with Crippen LogP contribution >= 0.6 is 0 Å². The van der Waals surface area contributed by atoms with Gasteiger partial charge in [-0.3, -0.25) is 4.79 Å². The van der Waals surface area contributed by atoms with E-state index < -0.39 is 29.4 Å². The molecule has 154 valence electrons. The molecular weight excluding hydrogens is 364 g/mol. The maximum atomic E-state index is 12.1. The van der Waals surface area contributed by atoms with E-state index in [0.717, 1.165) is 6.08 Å². The van der Waals surface area contributed by atoms with Crippen LogP contribution in [0.1, 0.15) is 51.4 Å². The summed E-state index contributed by atoms with van der Waals surface area (Å²) in [6, 6.07) is 6.36. The Bertz CT molecular complexity index is 724. The van der Waals surface area contributed by atoms with Crippen molar-refractivity contribution in [3.8, 4) is 5.75 Å². The van der Waals surface area contributed by atoms with Gasteiger partial charge in [0.2, 0.25) is 0 Å². The summed E-state index contributed by atoms with van der Waals surface area (Å²) in [5.41, 5.74) is -1.11. The largest absolute Gasteiger partial charge is 0.487 e. The highest BCUT2D eigenvalue weighted by atomic mass is 16.6. The van der Waals surface area contributed by atoms with Crippen LogP contribution in [0.5, 0.6) is 5.75 Å². The number of benzene rings is 1. The number of ketones is 1. The van der Waals surface area contributed by atoms with Gasteiger partial charge in [-0.05, 0) is 57.4 Å². The number of hydrogen-bond acceptors (Lipinski definition) is 6. The molecule has 1 unspecified atom stereocenters. The van der Waals surface area contributed by atoms with Crippen molar-refractivity contribution in [2.75, 3.05) is 6.61 Å². The lowest BCUT2D eigenvalue weighted by molar-refractivity contribution is -0.142. The number of aliphatic hydroxyl groups is 1. The molecule has 0 aliphatic heterocycles. The molecule has 1 aromatic rings. The lowest BCUT2D eigenvalue weighted by Crippen LogP contribution is -2.31. The Morgan fingerprint density at radius 2 is 1.71 bits per heavy atom. The van der Waals surface area contributed by atoms with Crippen molar-refractivity contribution in [3.63, 3.8) is 0 Å². The van der Waals surface area contributed by atoms with Gasteiger partial charge in [0.15, 0.2) is 5.78 Å². The second kappa shape index (κ2) is 10.0. The molecular formula is C21H28O7. The fraction of sp³-hybridized carbons (Fsp3) is 0.476. The lowest BCUT2D eigenvalue weighted by atomic mass is 9.97. The zero-order valence-corrected chi connectivity index (χ0v) is 16.9. The predicted molar refractivity (Wildman–Crippen MR) is 103 cm³/mol. The van der Waals surface area contributed by atoms with E-state index in [-0.39, 0.29) is 18.1 Å². The minimum atomic E-state index is -1.46. The average molecular weight is 392 g/mol. The standard InChI is InChI=1S/C21H28O7/c1-13(2)10-17(12-27-20(25)14(3)11-18(22)23)28-16-8-6-15(7-9-16)19(24)21(4,5)26/h6-9,11,13,17,26H,10,12H2,1-5H3,(H,22,23)/b14-11+. The molecule has 0 heterocycles. The Kier molecular flexibility index (Phi) is 8.37. The van der Waals surface area contributed by atoms with Gasteiger partial charge in [-0.1, -0.05) is 13.8 Å². The van der Waals surface area contributed by atoms with E-state index in [1.54, 1.807) is 24.3 Å². The number of carboxylic acids is 1. The topological polar surface area (TPSA) is 110 Å². The van der Waals surface area contributed by atoms with Crippen LogP contribution in [-0.4, -0.2) is 46.2 Å². The molecule has 7 nitrogen and oxygen atoms in total. The molecule has 1 atom stereocenters. The summed E-state index contributed by atoms with van der Waals surface area (Å²) in [5.74, 6) is -1.56. The number of hydrogen-bond donors (Lipinski definition) is 2. The van der Waals surface area contributed by atoms with E-state index in [4.69, 9.17) is 14.6 Å². The molecule has 0 aliphatic rings. The summed E-state index contributed by atoms with van der Waals surface area (Å²) in [5, 5.41) is 18.5. The monoisotopic (exact) mass is 392 g/mol. The number of carbonyl (C=O) groups is 3. The predicted octanol–water partition coefficient (Wildman–Crippen LogP) is 3.01. The Hall–Kier alpha value is -2.67. The normalized spacial score (nSPS) is 13.2. The molecule has 0 aromatic heterocycles. The molecule has 0 saturated heterocycles. The Morgan fingerprint density at radius 3 is 2.18 bits per heavy atom. The van der Waals surface area contributed by atoms with Gasteiger partial charge in [-0.2, -0.15) is 0 Å². The van der Waals surface area contributed by atoms with Gasteiger partial charge in [-0.25, -0.2) is 9.59 Å². The van der Waals surface area contributed by atoms with Gasteiger partial charge in [0, 0.05) is 17.2 Å². The van der Waals surface area contributed by atoms with Crippen LogP contribution in [0.3, 0.4) is 0 Å². The van der Waals surface area contributed by atoms with E-state index in [1.165, 1.54) is 20.8 Å². The number of carboxylic acid groups (broad SMARTS) is 1. The van der Waals surface area contributed by atoms with Gasteiger partial charge in [-0.15, -0.1) is 0 Å². The van der Waals surface area contributed by atoms with E-state index in [9.17, 15) is 19.5 Å².